The Morgan fingerprint density at radius 3 is 2.47 bits per heavy atom. The topological polar surface area (TPSA) is 107 Å². The second kappa shape index (κ2) is 8.18. The molecular weight excluding hydrogens is 429 g/mol. The molecule has 2 fully saturated rings. The van der Waals surface area contributed by atoms with Gasteiger partial charge in [-0.1, -0.05) is 12.5 Å². The summed E-state index contributed by atoms with van der Waals surface area (Å²) in [6.07, 6.45) is -4.46. The normalized spacial score (nSPS) is 24.5. The summed E-state index contributed by atoms with van der Waals surface area (Å²) in [4.78, 5) is 24.7. The van der Waals surface area contributed by atoms with Gasteiger partial charge in [-0.15, -0.1) is 0 Å². The molecule has 2 bridgehead atoms. The summed E-state index contributed by atoms with van der Waals surface area (Å²) in [6.45, 7) is 1.61. The Morgan fingerprint density at radius 1 is 1.23 bits per heavy atom. The van der Waals surface area contributed by atoms with E-state index in [0.29, 0.717) is 11.5 Å². The maximum Gasteiger partial charge on any atom is 0.426 e. The molecule has 4 unspecified atom stereocenters. The molecule has 0 saturated heterocycles. The maximum absolute atomic E-state index is 13.0. The zero-order chi connectivity index (χ0) is 22.3. The fourth-order valence-corrected chi connectivity index (χ4v) is 4.78. The van der Waals surface area contributed by atoms with E-state index in [9.17, 15) is 31.2 Å². The zero-order valence-corrected chi connectivity index (χ0v) is 16.8. The highest BCUT2D eigenvalue weighted by Gasteiger charge is 2.46. The van der Waals surface area contributed by atoms with Gasteiger partial charge in [-0.05, 0) is 55.7 Å². The Balaban J connectivity index is 1.73. The van der Waals surface area contributed by atoms with Crippen LogP contribution < -0.4 is 4.74 Å². The van der Waals surface area contributed by atoms with Crippen LogP contribution in [0.1, 0.15) is 41.6 Å². The molecule has 0 aromatic heterocycles. The number of carbonyl (C=O) groups is 2. The van der Waals surface area contributed by atoms with Gasteiger partial charge < -0.3 is 9.47 Å². The Kier molecular flexibility index (Phi) is 6.15. The van der Waals surface area contributed by atoms with Gasteiger partial charge in [0, 0.05) is 0 Å². The van der Waals surface area contributed by atoms with Gasteiger partial charge in [0.25, 0.3) is 10.1 Å². The molecule has 30 heavy (non-hydrogen) atoms. The quantitative estimate of drug-likeness (QED) is 0.403. The SMILES string of the molecule is Cc1ccc(C(=O)OC(CS(=O)(=O)O)C(F)(F)F)cc1OC(=O)C1CC2CCC1C2. The van der Waals surface area contributed by atoms with Crippen LogP contribution in [0, 0.1) is 24.7 Å². The van der Waals surface area contributed by atoms with Crippen LogP contribution in [0.25, 0.3) is 0 Å². The number of carbonyl (C=O) groups excluding carboxylic acids is 2. The van der Waals surface area contributed by atoms with E-state index in [4.69, 9.17) is 9.29 Å². The number of aryl methyl sites for hydroxylation is 1. The van der Waals surface area contributed by atoms with Crippen molar-refractivity contribution in [2.45, 2.75) is 44.9 Å². The molecule has 1 N–H and O–H groups in total. The molecule has 0 radical (unpaired) electrons. The number of hydrogen-bond acceptors (Lipinski definition) is 6. The van der Waals surface area contributed by atoms with Gasteiger partial charge in [0.15, 0.2) is 0 Å². The number of benzene rings is 1. The summed E-state index contributed by atoms with van der Waals surface area (Å²) >= 11 is 0. The van der Waals surface area contributed by atoms with Crippen LogP contribution in [0.4, 0.5) is 13.2 Å². The Bertz CT molecular complexity index is 942. The van der Waals surface area contributed by atoms with Crippen molar-refractivity contribution in [1.29, 1.82) is 0 Å². The van der Waals surface area contributed by atoms with Crippen LogP contribution in [0.15, 0.2) is 18.2 Å². The molecule has 0 aliphatic heterocycles. The Morgan fingerprint density at radius 2 is 1.93 bits per heavy atom. The van der Waals surface area contributed by atoms with E-state index in [1.165, 1.54) is 12.1 Å². The van der Waals surface area contributed by atoms with Crippen LogP contribution in [0.5, 0.6) is 5.75 Å². The van der Waals surface area contributed by atoms with E-state index in [-0.39, 0.29) is 23.1 Å². The van der Waals surface area contributed by atoms with E-state index in [1.54, 1.807) is 6.92 Å². The largest absolute Gasteiger partial charge is 0.448 e. The minimum Gasteiger partial charge on any atom is -0.448 e. The molecule has 2 saturated carbocycles. The Hall–Kier alpha value is -2.14. The van der Waals surface area contributed by atoms with Crippen molar-refractivity contribution in [3.63, 3.8) is 0 Å². The van der Waals surface area contributed by atoms with Crippen LogP contribution in [-0.4, -0.2) is 42.9 Å². The van der Waals surface area contributed by atoms with Gasteiger partial charge in [0.05, 0.1) is 11.5 Å². The number of esters is 2. The molecule has 3 rings (SSSR count). The molecule has 11 heteroatoms. The average Bonchev–Trinajstić information content (AvgIpc) is 3.24. The number of fused-ring (bicyclic) bond motifs is 2. The molecule has 4 atom stereocenters. The first-order valence-electron chi connectivity index (χ1n) is 9.38. The van der Waals surface area contributed by atoms with Gasteiger partial charge in [0.1, 0.15) is 11.5 Å². The first kappa shape index (κ1) is 22.5. The lowest BCUT2D eigenvalue weighted by Gasteiger charge is -2.21. The fourth-order valence-electron chi connectivity index (χ4n) is 4.14. The number of rotatable bonds is 6. The highest BCUT2D eigenvalue weighted by Crippen LogP contribution is 2.48. The summed E-state index contributed by atoms with van der Waals surface area (Å²) in [5, 5.41) is 0. The molecule has 2 aliphatic carbocycles. The average molecular weight is 450 g/mol. The summed E-state index contributed by atoms with van der Waals surface area (Å²) in [5.74, 6) is -3.14. The monoisotopic (exact) mass is 450 g/mol. The second-order valence-electron chi connectivity index (χ2n) is 7.87. The molecule has 7 nitrogen and oxygen atoms in total. The van der Waals surface area contributed by atoms with Crippen LogP contribution in [-0.2, 0) is 19.6 Å². The van der Waals surface area contributed by atoms with Crippen molar-refractivity contribution in [3.05, 3.63) is 29.3 Å². The summed E-state index contributed by atoms with van der Waals surface area (Å²) in [7, 11) is -5.05. The van der Waals surface area contributed by atoms with Crippen LogP contribution >= 0.6 is 0 Å². The van der Waals surface area contributed by atoms with Crippen molar-refractivity contribution >= 4 is 22.1 Å². The molecule has 1 aromatic carbocycles. The summed E-state index contributed by atoms with van der Waals surface area (Å²) < 4.78 is 78.9. The number of alkyl halides is 3. The molecule has 2 aliphatic rings. The third-order valence-corrected chi connectivity index (χ3v) is 6.38. The number of halogens is 3. The van der Waals surface area contributed by atoms with Crippen LogP contribution in [0.2, 0.25) is 0 Å². The molecule has 0 heterocycles. The second-order valence-corrected chi connectivity index (χ2v) is 9.36. The highest BCUT2D eigenvalue weighted by molar-refractivity contribution is 7.85. The predicted molar refractivity (Wildman–Crippen MR) is 97.4 cm³/mol. The highest BCUT2D eigenvalue weighted by atomic mass is 32.2. The lowest BCUT2D eigenvalue weighted by Crippen LogP contribution is -2.39. The minimum atomic E-state index is -5.20. The first-order chi connectivity index (χ1) is 13.8. The standard InChI is InChI=1S/C19H21F3O7S/c1-10-2-4-13(17(23)29-16(19(20,21)22)9-30(25,26)27)8-15(10)28-18(24)14-7-11-3-5-12(14)6-11/h2,4,8,11-12,14,16H,3,5-7,9H2,1H3,(H,25,26,27). The third-order valence-electron chi connectivity index (χ3n) is 5.65. The number of hydrogen-bond donors (Lipinski definition) is 1. The minimum absolute atomic E-state index is 0.0237. The van der Waals surface area contributed by atoms with E-state index >= 15 is 0 Å². The lowest BCUT2D eigenvalue weighted by atomic mass is 9.89. The molecular formula is C19H21F3O7S. The van der Waals surface area contributed by atoms with Crippen molar-refractivity contribution in [2.75, 3.05) is 5.75 Å². The van der Waals surface area contributed by atoms with Gasteiger partial charge in [0.2, 0.25) is 6.10 Å². The zero-order valence-electron chi connectivity index (χ0n) is 16.0. The van der Waals surface area contributed by atoms with Crippen molar-refractivity contribution in [1.82, 2.24) is 0 Å². The first-order valence-corrected chi connectivity index (χ1v) is 11.0. The molecule has 0 amide bonds. The van der Waals surface area contributed by atoms with Gasteiger partial charge in [-0.3, -0.25) is 9.35 Å². The molecule has 166 valence electrons. The Labute approximate surface area is 171 Å². The van der Waals surface area contributed by atoms with E-state index < -0.39 is 40.1 Å². The summed E-state index contributed by atoms with van der Waals surface area (Å²) in [5.41, 5.74) is 0.147. The van der Waals surface area contributed by atoms with Crippen molar-refractivity contribution in [3.8, 4) is 5.75 Å². The molecule has 0 spiro atoms. The van der Waals surface area contributed by atoms with Gasteiger partial charge in [-0.25, -0.2) is 4.79 Å². The van der Waals surface area contributed by atoms with E-state index in [1.807, 2.05) is 0 Å². The van der Waals surface area contributed by atoms with E-state index in [2.05, 4.69) is 4.74 Å². The number of ether oxygens (including phenoxy) is 2. The summed E-state index contributed by atoms with van der Waals surface area (Å²) in [6, 6.07) is 3.64. The predicted octanol–water partition coefficient (Wildman–Crippen LogP) is 3.31. The molecule has 1 aromatic rings. The van der Waals surface area contributed by atoms with Gasteiger partial charge >= 0.3 is 18.1 Å². The van der Waals surface area contributed by atoms with Crippen molar-refractivity contribution < 1.29 is 45.2 Å². The van der Waals surface area contributed by atoms with E-state index in [0.717, 1.165) is 31.7 Å². The van der Waals surface area contributed by atoms with Gasteiger partial charge in [-0.2, -0.15) is 21.6 Å². The maximum atomic E-state index is 13.0. The van der Waals surface area contributed by atoms with Crippen LogP contribution in [0.3, 0.4) is 0 Å². The lowest BCUT2D eigenvalue weighted by molar-refractivity contribution is -0.197. The third kappa shape index (κ3) is 5.31. The fraction of sp³-hybridized carbons (Fsp3) is 0.579. The van der Waals surface area contributed by atoms with Crippen molar-refractivity contribution in [2.24, 2.45) is 17.8 Å². The smallest absolute Gasteiger partial charge is 0.426 e.